The summed E-state index contributed by atoms with van der Waals surface area (Å²) >= 11 is 0. The van der Waals surface area contributed by atoms with E-state index in [-0.39, 0.29) is 0 Å². The van der Waals surface area contributed by atoms with Crippen LogP contribution in [0.4, 0.5) is 0 Å². The molecule has 0 aliphatic heterocycles. The van der Waals surface area contributed by atoms with Gasteiger partial charge in [-0.25, -0.2) is 0 Å². The summed E-state index contributed by atoms with van der Waals surface area (Å²) < 4.78 is 0. The van der Waals surface area contributed by atoms with E-state index in [0.29, 0.717) is 19.5 Å². The van der Waals surface area contributed by atoms with Crippen molar-refractivity contribution in [2.24, 2.45) is 0 Å². The van der Waals surface area contributed by atoms with Crippen LogP contribution in [0.3, 0.4) is 0 Å². The molecule has 0 spiro atoms. The molecule has 1 rings (SSSR count). The second-order valence-corrected chi connectivity index (χ2v) is 4.48. The summed E-state index contributed by atoms with van der Waals surface area (Å²) in [6, 6.07) is 5.43. The zero-order chi connectivity index (χ0) is 13.5. The molecule has 4 nitrogen and oxygen atoms in total. The summed E-state index contributed by atoms with van der Waals surface area (Å²) in [4.78, 5) is 17.7. The van der Waals surface area contributed by atoms with E-state index in [4.69, 9.17) is 0 Å². The number of carbonyl (C=O) groups is 1. The fraction of sp³-hybridized carbons (Fsp3) is 0.571. The van der Waals surface area contributed by atoms with Crippen LogP contribution in [-0.2, 0) is 11.3 Å². The lowest BCUT2D eigenvalue weighted by Crippen LogP contribution is -2.40. The first kappa shape index (κ1) is 14.6. The number of hydrogen-bond donors (Lipinski definition) is 1. The lowest BCUT2D eigenvalue weighted by Gasteiger charge is -2.27. The lowest BCUT2D eigenvalue weighted by atomic mass is 10.1. The normalized spacial score (nSPS) is 12.7. The molecule has 1 aromatic rings. The first-order chi connectivity index (χ1) is 8.58. The molecule has 0 aliphatic carbocycles. The molecule has 100 valence electrons. The highest BCUT2D eigenvalue weighted by atomic mass is 16.4. The van der Waals surface area contributed by atoms with Gasteiger partial charge < -0.3 is 5.11 Å². The van der Waals surface area contributed by atoms with Gasteiger partial charge in [0.2, 0.25) is 0 Å². The van der Waals surface area contributed by atoms with Gasteiger partial charge in [-0.3, -0.25) is 14.7 Å². The van der Waals surface area contributed by atoms with Gasteiger partial charge in [0.25, 0.3) is 0 Å². The maximum atomic E-state index is 11.3. The summed E-state index contributed by atoms with van der Waals surface area (Å²) in [5.41, 5.74) is 1.89. The van der Waals surface area contributed by atoms with E-state index in [0.717, 1.165) is 17.8 Å². The number of pyridine rings is 1. The number of aromatic nitrogens is 1. The Labute approximate surface area is 109 Å². The minimum atomic E-state index is -0.744. The zero-order valence-corrected chi connectivity index (χ0v) is 11.4. The molecule has 0 radical (unpaired) electrons. The van der Waals surface area contributed by atoms with Crippen molar-refractivity contribution < 1.29 is 9.90 Å². The highest BCUT2D eigenvalue weighted by molar-refractivity contribution is 5.73. The predicted molar refractivity (Wildman–Crippen MR) is 71.4 cm³/mol. The standard InChI is InChI=1S/C14H22N2O2/c1-4-7-13(14(17)18)16(5-2)10-12-9-6-8-11(3)15-12/h6,8-9,13H,4-5,7,10H2,1-3H3,(H,17,18). The third kappa shape index (κ3) is 4.11. The van der Waals surface area contributed by atoms with Crippen molar-refractivity contribution in [3.05, 3.63) is 29.6 Å². The van der Waals surface area contributed by atoms with Crippen LogP contribution >= 0.6 is 0 Å². The van der Waals surface area contributed by atoms with Crippen LogP contribution in [-0.4, -0.2) is 33.5 Å². The Bertz CT molecular complexity index is 393. The smallest absolute Gasteiger partial charge is 0.320 e. The maximum absolute atomic E-state index is 11.3. The number of likely N-dealkylation sites (N-methyl/N-ethyl adjacent to an activating group) is 1. The van der Waals surface area contributed by atoms with Crippen molar-refractivity contribution in [2.45, 2.75) is 46.2 Å². The minimum absolute atomic E-state index is 0.415. The molecule has 1 heterocycles. The Morgan fingerprint density at radius 3 is 2.67 bits per heavy atom. The van der Waals surface area contributed by atoms with Crippen molar-refractivity contribution >= 4 is 5.97 Å². The number of hydrogen-bond acceptors (Lipinski definition) is 3. The van der Waals surface area contributed by atoms with E-state index >= 15 is 0 Å². The number of nitrogens with zero attached hydrogens (tertiary/aromatic N) is 2. The summed E-state index contributed by atoms with van der Waals surface area (Å²) in [7, 11) is 0. The van der Waals surface area contributed by atoms with Gasteiger partial charge in [-0.1, -0.05) is 26.3 Å². The molecule has 1 aromatic heterocycles. The molecule has 0 saturated heterocycles. The van der Waals surface area contributed by atoms with Gasteiger partial charge in [0.15, 0.2) is 0 Å². The van der Waals surface area contributed by atoms with E-state index < -0.39 is 12.0 Å². The summed E-state index contributed by atoms with van der Waals surface area (Å²) in [6.45, 7) is 7.25. The average Bonchev–Trinajstić information content (AvgIpc) is 2.33. The van der Waals surface area contributed by atoms with E-state index in [1.807, 2.05) is 43.9 Å². The number of aryl methyl sites for hydroxylation is 1. The molecule has 1 atom stereocenters. The Hall–Kier alpha value is -1.42. The van der Waals surface area contributed by atoms with Gasteiger partial charge >= 0.3 is 5.97 Å². The fourth-order valence-corrected chi connectivity index (χ4v) is 2.07. The summed E-state index contributed by atoms with van der Waals surface area (Å²) in [5, 5.41) is 9.28. The average molecular weight is 250 g/mol. The molecule has 0 saturated carbocycles. The molecular weight excluding hydrogens is 228 g/mol. The maximum Gasteiger partial charge on any atom is 0.320 e. The molecule has 4 heteroatoms. The van der Waals surface area contributed by atoms with Gasteiger partial charge in [-0.05, 0) is 32.0 Å². The third-order valence-electron chi connectivity index (χ3n) is 3.01. The molecule has 0 bridgehead atoms. The molecular formula is C14H22N2O2. The molecule has 1 unspecified atom stereocenters. The van der Waals surface area contributed by atoms with Gasteiger partial charge in [-0.15, -0.1) is 0 Å². The van der Waals surface area contributed by atoms with Crippen LogP contribution < -0.4 is 0 Å². The first-order valence-corrected chi connectivity index (χ1v) is 6.47. The number of aliphatic carboxylic acids is 1. The zero-order valence-electron chi connectivity index (χ0n) is 11.4. The summed E-state index contributed by atoms with van der Waals surface area (Å²) in [6.07, 6.45) is 1.55. The van der Waals surface area contributed by atoms with Crippen molar-refractivity contribution in [1.29, 1.82) is 0 Å². The Morgan fingerprint density at radius 2 is 2.17 bits per heavy atom. The van der Waals surface area contributed by atoms with Gasteiger partial charge in [0, 0.05) is 12.2 Å². The molecule has 0 aliphatic rings. The highest BCUT2D eigenvalue weighted by Crippen LogP contribution is 2.12. The molecule has 0 aromatic carbocycles. The van der Waals surface area contributed by atoms with Crippen molar-refractivity contribution in [3.63, 3.8) is 0 Å². The van der Waals surface area contributed by atoms with Crippen LogP contribution in [0.5, 0.6) is 0 Å². The van der Waals surface area contributed by atoms with Gasteiger partial charge in [0.05, 0.1) is 5.69 Å². The monoisotopic (exact) mass is 250 g/mol. The first-order valence-electron chi connectivity index (χ1n) is 6.47. The lowest BCUT2D eigenvalue weighted by molar-refractivity contribution is -0.143. The van der Waals surface area contributed by atoms with Gasteiger partial charge in [0.1, 0.15) is 6.04 Å². The van der Waals surface area contributed by atoms with E-state index in [1.165, 1.54) is 0 Å². The van der Waals surface area contributed by atoms with Crippen molar-refractivity contribution in [2.75, 3.05) is 6.54 Å². The molecule has 18 heavy (non-hydrogen) atoms. The number of rotatable bonds is 7. The topological polar surface area (TPSA) is 53.4 Å². The predicted octanol–water partition coefficient (Wildman–Crippen LogP) is 2.47. The van der Waals surface area contributed by atoms with Crippen molar-refractivity contribution in [1.82, 2.24) is 9.88 Å². The fourth-order valence-electron chi connectivity index (χ4n) is 2.07. The van der Waals surface area contributed by atoms with Crippen LogP contribution in [0.25, 0.3) is 0 Å². The Balaban J connectivity index is 2.79. The van der Waals surface area contributed by atoms with Gasteiger partial charge in [-0.2, -0.15) is 0 Å². The van der Waals surface area contributed by atoms with Crippen LogP contribution in [0.1, 0.15) is 38.1 Å². The summed E-state index contributed by atoms with van der Waals surface area (Å²) in [5.74, 6) is -0.744. The van der Waals surface area contributed by atoms with E-state index in [9.17, 15) is 9.90 Å². The SMILES string of the molecule is CCCC(C(=O)O)N(CC)Cc1cccc(C)n1. The number of carboxylic acids is 1. The molecule has 0 fully saturated rings. The molecule has 1 N–H and O–H groups in total. The second-order valence-electron chi connectivity index (χ2n) is 4.48. The quantitative estimate of drug-likeness (QED) is 0.807. The minimum Gasteiger partial charge on any atom is -0.480 e. The molecule has 0 amide bonds. The van der Waals surface area contributed by atoms with Crippen molar-refractivity contribution in [3.8, 4) is 0 Å². The Kier molecular flexibility index (Phi) is 5.78. The van der Waals surface area contributed by atoms with Crippen LogP contribution in [0, 0.1) is 6.92 Å². The van der Waals surface area contributed by atoms with E-state index in [1.54, 1.807) is 0 Å². The number of carboxylic acid groups (broad SMARTS) is 1. The largest absolute Gasteiger partial charge is 0.480 e. The van der Waals surface area contributed by atoms with E-state index in [2.05, 4.69) is 4.98 Å². The highest BCUT2D eigenvalue weighted by Gasteiger charge is 2.23. The third-order valence-corrected chi connectivity index (χ3v) is 3.01. The second kappa shape index (κ2) is 7.11. The Morgan fingerprint density at radius 1 is 1.44 bits per heavy atom. The van der Waals surface area contributed by atoms with Crippen LogP contribution in [0.2, 0.25) is 0 Å². The van der Waals surface area contributed by atoms with Crippen LogP contribution in [0.15, 0.2) is 18.2 Å².